The zero-order valence-electron chi connectivity index (χ0n) is 10.2. The maximum absolute atomic E-state index is 11.0. The molecule has 18 heavy (non-hydrogen) atoms. The molecule has 1 unspecified atom stereocenters. The van der Waals surface area contributed by atoms with Crippen LogP contribution in [0.25, 0.3) is 0 Å². The van der Waals surface area contributed by atoms with Gasteiger partial charge in [0.25, 0.3) is 0 Å². The topological polar surface area (TPSA) is 136 Å². The quantitative estimate of drug-likeness (QED) is 0.497. The number of nitrogens with zero attached hydrogens (tertiary/aromatic N) is 3. The minimum atomic E-state index is -0.775. The van der Waals surface area contributed by atoms with Crippen LogP contribution in [0.3, 0.4) is 0 Å². The summed E-state index contributed by atoms with van der Waals surface area (Å²) in [6, 6.07) is -0.775. The Labute approximate surface area is 103 Å². The number of rotatable bonds is 5. The number of carbonyl (C=O) groups excluding carboxylic acids is 1. The summed E-state index contributed by atoms with van der Waals surface area (Å²) in [5.74, 6) is -0.452. The monoisotopic (exact) mass is 254 g/mol. The van der Waals surface area contributed by atoms with Crippen LogP contribution in [0.1, 0.15) is 12.6 Å². The minimum absolute atomic E-state index is 0.0387. The van der Waals surface area contributed by atoms with E-state index in [0.29, 0.717) is 0 Å². The smallest absolute Gasteiger partial charge is 0.332 e. The lowest BCUT2D eigenvalue weighted by Gasteiger charge is -2.12. The number of aromatic nitrogens is 2. The molecule has 1 heterocycles. The van der Waals surface area contributed by atoms with Crippen LogP contribution in [0.4, 0.5) is 17.5 Å². The van der Waals surface area contributed by atoms with Crippen molar-refractivity contribution in [2.75, 3.05) is 17.7 Å². The van der Waals surface area contributed by atoms with Gasteiger partial charge in [0.15, 0.2) is 0 Å². The van der Waals surface area contributed by atoms with Gasteiger partial charge in [0, 0.05) is 7.05 Å². The fourth-order valence-corrected chi connectivity index (χ4v) is 1.27. The van der Waals surface area contributed by atoms with Gasteiger partial charge in [-0.2, -0.15) is 4.98 Å². The van der Waals surface area contributed by atoms with Crippen molar-refractivity contribution in [2.45, 2.75) is 19.9 Å². The van der Waals surface area contributed by atoms with E-state index in [0.717, 1.165) is 0 Å². The van der Waals surface area contributed by atoms with Crippen LogP contribution in [-0.2, 0) is 4.79 Å². The summed E-state index contributed by atoms with van der Waals surface area (Å²) < 4.78 is 0. The number of nitro groups is 1. The number of anilines is 2. The number of hydrogen-bond donors (Lipinski definition) is 3. The third-order valence-electron chi connectivity index (χ3n) is 2.24. The van der Waals surface area contributed by atoms with E-state index in [2.05, 4.69) is 20.6 Å². The second-order valence-electron chi connectivity index (χ2n) is 3.61. The Kier molecular flexibility index (Phi) is 3.97. The molecule has 1 aromatic heterocycles. The molecule has 9 nitrogen and oxygen atoms in total. The van der Waals surface area contributed by atoms with E-state index in [1.54, 1.807) is 7.05 Å². The zero-order chi connectivity index (χ0) is 13.9. The van der Waals surface area contributed by atoms with Crippen molar-refractivity contribution in [1.29, 1.82) is 0 Å². The fraction of sp³-hybridized carbons (Fsp3) is 0.444. The summed E-state index contributed by atoms with van der Waals surface area (Å²) in [6.45, 7) is 2.98. The van der Waals surface area contributed by atoms with E-state index in [9.17, 15) is 14.9 Å². The number of aryl methyl sites for hydroxylation is 1. The third kappa shape index (κ3) is 2.81. The van der Waals surface area contributed by atoms with E-state index >= 15 is 0 Å². The standard InChI is InChI=1S/C9H14N6O3/c1-4-6(15(17)18)8(12-5(2)7(10)16)14-9(11-3)13-4/h5H,1-3H3,(H2,10,16)(H2,11,12,13,14). The molecule has 0 spiro atoms. The van der Waals surface area contributed by atoms with Gasteiger partial charge in [-0.05, 0) is 13.8 Å². The van der Waals surface area contributed by atoms with Gasteiger partial charge in [0.2, 0.25) is 17.7 Å². The van der Waals surface area contributed by atoms with Crippen molar-refractivity contribution in [1.82, 2.24) is 9.97 Å². The van der Waals surface area contributed by atoms with E-state index < -0.39 is 16.9 Å². The van der Waals surface area contributed by atoms with Crippen LogP contribution >= 0.6 is 0 Å². The summed E-state index contributed by atoms with van der Waals surface area (Å²) in [4.78, 5) is 29.1. The summed E-state index contributed by atoms with van der Waals surface area (Å²) in [6.07, 6.45) is 0. The first kappa shape index (κ1) is 13.6. The molecule has 1 atom stereocenters. The second kappa shape index (κ2) is 5.25. The molecule has 0 saturated carbocycles. The molecule has 0 aliphatic heterocycles. The van der Waals surface area contributed by atoms with E-state index in [1.807, 2.05) is 0 Å². The first-order valence-electron chi connectivity index (χ1n) is 5.13. The normalized spacial score (nSPS) is 11.7. The second-order valence-corrected chi connectivity index (χ2v) is 3.61. The molecular formula is C9H14N6O3. The molecule has 0 aromatic carbocycles. The van der Waals surface area contributed by atoms with Crippen molar-refractivity contribution in [3.05, 3.63) is 15.8 Å². The van der Waals surface area contributed by atoms with Gasteiger partial charge in [-0.15, -0.1) is 0 Å². The van der Waals surface area contributed by atoms with Crippen molar-refractivity contribution in [3.63, 3.8) is 0 Å². The average molecular weight is 254 g/mol. The highest BCUT2D eigenvalue weighted by atomic mass is 16.6. The van der Waals surface area contributed by atoms with Gasteiger partial charge in [0.1, 0.15) is 11.7 Å². The van der Waals surface area contributed by atoms with Gasteiger partial charge >= 0.3 is 5.69 Å². The maximum Gasteiger partial charge on any atom is 0.332 e. The number of nitrogens with one attached hydrogen (secondary N) is 2. The predicted octanol–water partition coefficient (Wildman–Crippen LogP) is 0.0206. The predicted molar refractivity (Wildman–Crippen MR) is 65.2 cm³/mol. The average Bonchev–Trinajstić information content (AvgIpc) is 2.27. The SMILES string of the molecule is CNc1nc(C)c([N+](=O)[O-])c(NC(C)C(N)=O)n1. The Balaban J connectivity index is 3.25. The first-order chi connectivity index (χ1) is 8.36. The van der Waals surface area contributed by atoms with Crippen LogP contribution in [-0.4, -0.2) is 33.9 Å². The van der Waals surface area contributed by atoms with Gasteiger partial charge in [0.05, 0.1) is 4.92 Å². The Hall–Kier alpha value is -2.45. The highest BCUT2D eigenvalue weighted by molar-refractivity contribution is 5.83. The summed E-state index contributed by atoms with van der Waals surface area (Å²) in [5, 5.41) is 16.2. The van der Waals surface area contributed by atoms with Crippen LogP contribution in [0, 0.1) is 17.0 Å². The molecular weight excluding hydrogens is 240 g/mol. The lowest BCUT2D eigenvalue weighted by molar-refractivity contribution is -0.385. The summed E-state index contributed by atoms with van der Waals surface area (Å²) in [5.41, 5.74) is 5.01. The Morgan fingerprint density at radius 1 is 1.50 bits per heavy atom. The van der Waals surface area contributed by atoms with Crippen molar-refractivity contribution in [3.8, 4) is 0 Å². The van der Waals surface area contributed by atoms with Gasteiger partial charge in [-0.25, -0.2) is 4.98 Å². The number of amides is 1. The molecule has 98 valence electrons. The fourth-order valence-electron chi connectivity index (χ4n) is 1.27. The Morgan fingerprint density at radius 3 is 2.56 bits per heavy atom. The highest BCUT2D eigenvalue weighted by Crippen LogP contribution is 2.26. The van der Waals surface area contributed by atoms with Gasteiger partial charge < -0.3 is 16.4 Å². The lowest BCUT2D eigenvalue weighted by atomic mass is 10.3. The molecule has 9 heteroatoms. The molecule has 0 bridgehead atoms. The van der Waals surface area contributed by atoms with E-state index in [4.69, 9.17) is 5.73 Å². The van der Waals surface area contributed by atoms with Crippen molar-refractivity contribution >= 4 is 23.4 Å². The number of primary amides is 1. The number of hydrogen-bond acceptors (Lipinski definition) is 7. The van der Waals surface area contributed by atoms with Crippen LogP contribution in [0.5, 0.6) is 0 Å². The molecule has 0 aliphatic carbocycles. The Bertz CT molecular complexity index is 489. The molecule has 1 amide bonds. The van der Waals surface area contributed by atoms with Gasteiger partial charge in [-0.1, -0.05) is 0 Å². The molecule has 1 rings (SSSR count). The molecule has 0 fully saturated rings. The van der Waals surface area contributed by atoms with Crippen molar-refractivity contribution < 1.29 is 9.72 Å². The molecule has 1 aromatic rings. The maximum atomic E-state index is 11.0. The Morgan fingerprint density at radius 2 is 2.11 bits per heavy atom. The van der Waals surface area contributed by atoms with Crippen LogP contribution in [0.2, 0.25) is 0 Å². The van der Waals surface area contributed by atoms with Crippen LogP contribution < -0.4 is 16.4 Å². The molecule has 4 N–H and O–H groups in total. The largest absolute Gasteiger partial charge is 0.368 e. The van der Waals surface area contributed by atoms with E-state index in [-0.39, 0.29) is 23.1 Å². The number of nitrogens with two attached hydrogens (primary N) is 1. The summed E-state index contributed by atoms with van der Waals surface area (Å²) >= 11 is 0. The third-order valence-corrected chi connectivity index (χ3v) is 2.24. The lowest BCUT2D eigenvalue weighted by Crippen LogP contribution is -2.33. The number of carbonyl (C=O) groups is 1. The summed E-state index contributed by atoms with van der Waals surface area (Å²) in [7, 11) is 1.59. The molecule has 0 aliphatic rings. The van der Waals surface area contributed by atoms with Crippen LogP contribution in [0.15, 0.2) is 0 Å². The molecule has 0 radical (unpaired) electrons. The van der Waals surface area contributed by atoms with E-state index in [1.165, 1.54) is 13.8 Å². The van der Waals surface area contributed by atoms with Gasteiger partial charge in [-0.3, -0.25) is 14.9 Å². The van der Waals surface area contributed by atoms with Crippen molar-refractivity contribution in [2.24, 2.45) is 5.73 Å². The molecule has 0 saturated heterocycles. The highest BCUT2D eigenvalue weighted by Gasteiger charge is 2.24. The minimum Gasteiger partial charge on any atom is -0.368 e. The zero-order valence-corrected chi connectivity index (χ0v) is 10.2. The first-order valence-corrected chi connectivity index (χ1v) is 5.13.